The number of carbonyl (C=O) groups excluding carboxylic acids is 3. The third-order valence-electron chi connectivity index (χ3n) is 7.23. The maximum atomic E-state index is 13.4. The van der Waals surface area contributed by atoms with E-state index in [1.807, 2.05) is 13.8 Å². The largest absolute Gasteiger partial charge is 0.492 e. The van der Waals surface area contributed by atoms with Crippen LogP contribution in [0.5, 0.6) is 11.8 Å². The molecule has 0 aliphatic carbocycles. The van der Waals surface area contributed by atoms with Crippen molar-refractivity contribution in [1.82, 2.24) is 35.4 Å². The van der Waals surface area contributed by atoms with E-state index in [4.69, 9.17) is 21.1 Å². The first-order valence-electron chi connectivity index (χ1n) is 15.8. The predicted molar refractivity (Wildman–Crippen MR) is 186 cm³/mol. The van der Waals surface area contributed by atoms with Crippen LogP contribution in [0.2, 0.25) is 5.02 Å². The number of ether oxygens (including phenoxy) is 2. The van der Waals surface area contributed by atoms with E-state index < -0.39 is 41.9 Å². The molecule has 0 radical (unpaired) electrons. The number of nitrogens with zero attached hydrogens (tertiary/aromatic N) is 6. The summed E-state index contributed by atoms with van der Waals surface area (Å²) in [6, 6.07) is 10.6. The molecule has 52 heavy (non-hydrogen) atoms. The van der Waals surface area contributed by atoms with Crippen LogP contribution in [0.15, 0.2) is 42.5 Å². The van der Waals surface area contributed by atoms with Gasteiger partial charge in [-0.25, -0.2) is 0 Å². The van der Waals surface area contributed by atoms with Gasteiger partial charge < -0.3 is 30.3 Å². The molecule has 4 aromatic rings. The SMILES string of the molecule is Cc1nnc(NC(=O)C(=O)N2CCCOc3ccc(cc3Cl)CNc3nc(nc(OCC(F)(F)F)n3)Nc3ccc(cc3)C(=O)NCC(C)(C)C2)s1. The second kappa shape index (κ2) is 16.4. The van der Waals surface area contributed by atoms with Gasteiger partial charge in [-0.15, -0.1) is 10.2 Å². The topological polar surface area (TPSA) is 185 Å². The first kappa shape index (κ1) is 37.9. The molecular formula is C32H34ClF3N10O5S. The number of anilines is 4. The van der Waals surface area contributed by atoms with Crippen LogP contribution >= 0.6 is 22.9 Å². The Bertz CT molecular complexity index is 1910. The van der Waals surface area contributed by atoms with Crippen LogP contribution in [0, 0.1) is 12.3 Å². The van der Waals surface area contributed by atoms with Crippen molar-refractivity contribution in [3.63, 3.8) is 0 Å². The van der Waals surface area contributed by atoms with E-state index in [-0.39, 0.29) is 54.8 Å². The van der Waals surface area contributed by atoms with E-state index in [0.29, 0.717) is 34.0 Å². The summed E-state index contributed by atoms with van der Waals surface area (Å²) in [5.41, 5.74) is 0.716. The van der Waals surface area contributed by atoms with Gasteiger partial charge in [-0.3, -0.25) is 19.7 Å². The number of hydrogen-bond donors (Lipinski definition) is 4. The lowest BCUT2D eigenvalue weighted by atomic mass is 9.92. The van der Waals surface area contributed by atoms with Crippen molar-refractivity contribution in [3.05, 3.63) is 63.6 Å². The van der Waals surface area contributed by atoms with Gasteiger partial charge in [-0.1, -0.05) is 42.9 Å². The number of nitrogens with one attached hydrogen (secondary N) is 4. The molecule has 8 rings (SSSR count). The normalized spacial score (nSPS) is 15.4. The van der Waals surface area contributed by atoms with Crippen molar-refractivity contribution in [1.29, 1.82) is 0 Å². The third-order valence-corrected chi connectivity index (χ3v) is 8.28. The highest BCUT2D eigenvalue weighted by Crippen LogP contribution is 2.27. The Morgan fingerprint density at radius 1 is 1.08 bits per heavy atom. The van der Waals surface area contributed by atoms with Gasteiger partial charge in [0.1, 0.15) is 10.8 Å². The molecule has 276 valence electrons. The van der Waals surface area contributed by atoms with Crippen LogP contribution in [0.4, 0.5) is 35.9 Å². The van der Waals surface area contributed by atoms with Crippen LogP contribution in [0.25, 0.3) is 0 Å². The molecule has 6 heterocycles. The number of halogens is 4. The van der Waals surface area contributed by atoms with Crippen LogP contribution in [-0.2, 0) is 16.1 Å². The molecule has 3 amide bonds. The Balaban J connectivity index is 1.38. The molecule has 0 unspecified atom stereocenters. The number of aromatic nitrogens is 5. The van der Waals surface area contributed by atoms with Crippen molar-refractivity contribution in [3.8, 4) is 11.8 Å². The summed E-state index contributed by atoms with van der Waals surface area (Å²) in [6.07, 6.45) is -4.29. The molecule has 6 bridgehead atoms. The molecule has 2 aromatic heterocycles. The number of hydrogen-bond acceptors (Lipinski definition) is 13. The minimum atomic E-state index is -4.62. The molecule has 0 fully saturated rings. The summed E-state index contributed by atoms with van der Waals surface area (Å²) in [7, 11) is 0. The number of benzene rings is 2. The molecule has 20 heteroatoms. The van der Waals surface area contributed by atoms with Crippen molar-refractivity contribution >= 4 is 63.4 Å². The van der Waals surface area contributed by atoms with E-state index in [1.165, 1.54) is 17.0 Å². The van der Waals surface area contributed by atoms with E-state index in [1.54, 1.807) is 37.3 Å². The van der Waals surface area contributed by atoms with E-state index in [9.17, 15) is 27.6 Å². The van der Waals surface area contributed by atoms with Gasteiger partial charge in [0.25, 0.3) is 5.91 Å². The maximum Gasteiger partial charge on any atom is 0.422 e. The monoisotopic (exact) mass is 762 g/mol. The average Bonchev–Trinajstić information content (AvgIpc) is 3.50. The molecule has 0 atom stereocenters. The molecule has 4 aliphatic heterocycles. The molecule has 0 saturated heterocycles. The number of rotatable bonds is 3. The van der Waals surface area contributed by atoms with Gasteiger partial charge in [-0.05, 0) is 60.7 Å². The van der Waals surface area contributed by atoms with E-state index in [0.717, 1.165) is 11.3 Å². The smallest absolute Gasteiger partial charge is 0.422 e. The summed E-state index contributed by atoms with van der Waals surface area (Å²) >= 11 is 7.63. The highest BCUT2D eigenvalue weighted by atomic mass is 35.5. The summed E-state index contributed by atoms with van der Waals surface area (Å²) in [4.78, 5) is 53.0. The van der Waals surface area contributed by atoms with Crippen molar-refractivity contribution in [2.75, 3.05) is 48.8 Å². The van der Waals surface area contributed by atoms with Crippen LogP contribution in [0.1, 0.15) is 41.2 Å². The fourth-order valence-electron chi connectivity index (χ4n) is 4.81. The van der Waals surface area contributed by atoms with Gasteiger partial charge in [-0.2, -0.15) is 28.1 Å². The molecule has 4 aliphatic rings. The Kier molecular flexibility index (Phi) is 11.9. The summed E-state index contributed by atoms with van der Waals surface area (Å²) in [5, 5.41) is 20.0. The highest BCUT2D eigenvalue weighted by molar-refractivity contribution is 7.15. The van der Waals surface area contributed by atoms with Gasteiger partial charge in [0.05, 0.1) is 11.6 Å². The molecule has 0 saturated carbocycles. The zero-order valence-corrected chi connectivity index (χ0v) is 29.7. The maximum absolute atomic E-state index is 13.4. The second-order valence-corrected chi connectivity index (χ2v) is 13.9. The van der Waals surface area contributed by atoms with Crippen LogP contribution < -0.4 is 30.7 Å². The molecule has 0 spiro atoms. The summed E-state index contributed by atoms with van der Waals surface area (Å²) in [6.45, 7) is 4.48. The lowest BCUT2D eigenvalue weighted by molar-refractivity contribution is -0.154. The Morgan fingerprint density at radius 2 is 1.83 bits per heavy atom. The zero-order chi connectivity index (χ0) is 37.5. The van der Waals surface area contributed by atoms with Gasteiger partial charge in [0.15, 0.2) is 6.61 Å². The highest BCUT2D eigenvalue weighted by Gasteiger charge is 2.31. The molecule has 2 aromatic carbocycles. The quantitative estimate of drug-likeness (QED) is 0.206. The number of alkyl halides is 3. The van der Waals surface area contributed by atoms with E-state index >= 15 is 0 Å². The minimum Gasteiger partial charge on any atom is -0.492 e. The minimum absolute atomic E-state index is 0.0783. The first-order chi connectivity index (χ1) is 24.6. The Hall–Kier alpha value is -5.30. The van der Waals surface area contributed by atoms with Crippen LogP contribution in [0.3, 0.4) is 0 Å². The zero-order valence-electron chi connectivity index (χ0n) is 28.1. The van der Waals surface area contributed by atoms with Crippen molar-refractivity contribution in [2.45, 2.75) is 39.9 Å². The Morgan fingerprint density at radius 3 is 2.52 bits per heavy atom. The lowest BCUT2D eigenvalue weighted by Crippen LogP contribution is -2.48. The van der Waals surface area contributed by atoms with Gasteiger partial charge in [0, 0.05) is 37.4 Å². The summed E-state index contributed by atoms with van der Waals surface area (Å²) in [5.74, 6) is -1.88. The molecule has 4 N–H and O–H groups in total. The van der Waals surface area contributed by atoms with Crippen molar-refractivity contribution < 1.29 is 37.0 Å². The lowest BCUT2D eigenvalue weighted by Gasteiger charge is -2.32. The first-order valence-corrected chi connectivity index (χ1v) is 17.0. The third kappa shape index (κ3) is 11.1. The molecule has 15 nitrogen and oxygen atoms in total. The number of aryl methyl sites for hydroxylation is 1. The fourth-order valence-corrected chi connectivity index (χ4v) is 5.66. The Labute approximate surface area is 304 Å². The fraction of sp³-hybridized carbons (Fsp3) is 0.375. The standard InChI is InChI=1S/C32H34ClF3N10O5S/c1-18-44-45-30(52-18)40-25(48)26(49)46-11-4-12-50-23-10-5-19(13-22(23)33)14-37-27-41-28(43-29(42-27)51-17-32(34,35)36)39-21-8-6-20(7-9-21)24(47)38-15-31(2,3)16-46/h5-10,13H,4,11-12,14-17H2,1-3H3,(H,38,47)(H,40,45,48)(H2,37,39,41,42,43). The number of carbonyl (C=O) groups is 3. The number of amides is 3. The van der Waals surface area contributed by atoms with Crippen molar-refractivity contribution in [2.24, 2.45) is 5.41 Å². The van der Waals surface area contributed by atoms with Gasteiger partial charge >= 0.3 is 24.0 Å². The van der Waals surface area contributed by atoms with Crippen LogP contribution in [-0.4, -0.2) is 86.8 Å². The second-order valence-electron chi connectivity index (χ2n) is 12.3. The predicted octanol–water partition coefficient (Wildman–Crippen LogP) is 4.99. The van der Waals surface area contributed by atoms with E-state index in [2.05, 4.69) is 46.4 Å². The average molecular weight is 763 g/mol. The van der Waals surface area contributed by atoms with Gasteiger partial charge in [0.2, 0.25) is 17.0 Å². The molecular weight excluding hydrogens is 729 g/mol. The summed E-state index contributed by atoms with van der Waals surface area (Å²) < 4.78 is 49.3.